The van der Waals surface area contributed by atoms with Gasteiger partial charge in [-0.2, -0.15) is 0 Å². The average Bonchev–Trinajstić information content (AvgIpc) is 2.39. The molecule has 1 amide bonds. The van der Waals surface area contributed by atoms with Gasteiger partial charge in [0, 0.05) is 18.1 Å². The van der Waals surface area contributed by atoms with E-state index < -0.39 is 11.6 Å². The van der Waals surface area contributed by atoms with Gasteiger partial charge in [0.25, 0.3) is 5.91 Å². The highest BCUT2D eigenvalue weighted by molar-refractivity contribution is 6.30. The van der Waals surface area contributed by atoms with Gasteiger partial charge in [-0.15, -0.1) is 12.4 Å². The normalized spacial score (nSPS) is 19.1. The molecule has 1 fully saturated rings. The maximum absolute atomic E-state index is 12.2. The number of carbonyl (C=O) groups is 1. The van der Waals surface area contributed by atoms with Gasteiger partial charge in [0.15, 0.2) is 0 Å². The van der Waals surface area contributed by atoms with Crippen LogP contribution in [-0.2, 0) is 15.1 Å². The lowest BCUT2D eigenvalue weighted by molar-refractivity contribution is -0.136. The van der Waals surface area contributed by atoms with E-state index in [2.05, 4.69) is 10.6 Å². The minimum atomic E-state index is -0.483. The Bertz CT molecular complexity index is 460. The standard InChI is InChI=1S/C14H19ClN2O2.ClH/c1-14(2,10-4-3-5-11(15)8-10)17-13(18)12-9-16-6-7-19-12;/h3-5,8,12,16H,6-7,9H2,1-2H3,(H,17,18);1H. The highest BCUT2D eigenvalue weighted by Crippen LogP contribution is 2.23. The fourth-order valence-electron chi connectivity index (χ4n) is 2.07. The molecule has 1 aliphatic heterocycles. The van der Waals surface area contributed by atoms with Crippen LogP contribution >= 0.6 is 24.0 Å². The molecule has 1 saturated heterocycles. The zero-order valence-corrected chi connectivity index (χ0v) is 13.2. The molecule has 1 aromatic rings. The molecule has 1 aliphatic rings. The van der Waals surface area contributed by atoms with Crippen LogP contribution in [0.25, 0.3) is 0 Å². The van der Waals surface area contributed by atoms with E-state index in [0.717, 1.165) is 12.1 Å². The van der Waals surface area contributed by atoms with E-state index in [9.17, 15) is 4.79 Å². The van der Waals surface area contributed by atoms with Gasteiger partial charge in [0.1, 0.15) is 6.10 Å². The van der Waals surface area contributed by atoms with Crippen LogP contribution in [0.4, 0.5) is 0 Å². The molecule has 0 spiro atoms. The number of amides is 1. The summed E-state index contributed by atoms with van der Waals surface area (Å²) in [6.07, 6.45) is -0.424. The first-order valence-electron chi connectivity index (χ1n) is 6.39. The van der Waals surface area contributed by atoms with Crippen molar-refractivity contribution in [2.75, 3.05) is 19.7 Å². The second kappa shape index (κ2) is 7.27. The number of rotatable bonds is 3. The molecular formula is C14H20Cl2N2O2. The molecule has 1 heterocycles. The molecule has 0 radical (unpaired) electrons. The molecule has 1 aromatic carbocycles. The first kappa shape index (κ1) is 17.2. The molecule has 4 nitrogen and oxygen atoms in total. The van der Waals surface area contributed by atoms with Crippen LogP contribution in [0.2, 0.25) is 5.02 Å². The lowest BCUT2D eigenvalue weighted by Crippen LogP contribution is -2.52. The molecule has 112 valence electrons. The van der Waals surface area contributed by atoms with Crippen molar-refractivity contribution < 1.29 is 9.53 Å². The Hall–Kier alpha value is -0.810. The molecule has 0 saturated carbocycles. The number of ether oxygens (including phenoxy) is 1. The van der Waals surface area contributed by atoms with E-state index in [1.54, 1.807) is 0 Å². The van der Waals surface area contributed by atoms with Crippen LogP contribution in [0, 0.1) is 0 Å². The zero-order chi connectivity index (χ0) is 13.9. The summed E-state index contributed by atoms with van der Waals surface area (Å²) in [6.45, 7) is 5.81. The first-order valence-corrected chi connectivity index (χ1v) is 6.77. The lowest BCUT2D eigenvalue weighted by Gasteiger charge is -2.31. The Morgan fingerprint density at radius 2 is 2.25 bits per heavy atom. The summed E-state index contributed by atoms with van der Waals surface area (Å²) in [5.74, 6) is -0.0998. The summed E-state index contributed by atoms with van der Waals surface area (Å²) in [5, 5.41) is 6.81. The number of hydrogen-bond donors (Lipinski definition) is 2. The number of nitrogens with one attached hydrogen (secondary N) is 2. The third-order valence-electron chi connectivity index (χ3n) is 3.20. The van der Waals surface area contributed by atoms with Crippen molar-refractivity contribution in [3.63, 3.8) is 0 Å². The Kier molecular flexibility index (Phi) is 6.27. The molecule has 0 aliphatic carbocycles. The number of carbonyl (C=O) groups excluding carboxylic acids is 1. The largest absolute Gasteiger partial charge is 0.366 e. The fraction of sp³-hybridized carbons (Fsp3) is 0.500. The molecule has 2 N–H and O–H groups in total. The molecule has 1 atom stereocenters. The number of hydrogen-bond acceptors (Lipinski definition) is 3. The first-order chi connectivity index (χ1) is 8.99. The second-order valence-corrected chi connectivity index (χ2v) is 5.62. The predicted molar refractivity (Wildman–Crippen MR) is 82.5 cm³/mol. The molecule has 0 aromatic heterocycles. The average molecular weight is 319 g/mol. The lowest BCUT2D eigenvalue weighted by atomic mass is 9.94. The molecule has 0 bridgehead atoms. The van der Waals surface area contributed by atoms with E-state index in [1.807, 2.05) is 38.1 Å². The van der Waals surface area contributed by atoms with E-state index >= 15 is 0 Å². The van der Waals surface area contributed by atoms with Crippen LogP contribution in [0.3, 0.4) is 0 Å². The summed E-state index contributed by atoms with van der Waals surface area (Å²) < 4.78 is 5.44. The van der Waals surface area contributed by atoms with Crippen molar-refractivity contribution in [1.29, 1.82) is 0 Å². The van der Waals surface area contributed by atoms with Gasteiger partial charge in [0.2, 0.25) is 0 Å². The Balaban J connectivity index is 0.00000200. The molecule has 1 unspecified atom stereocenters. The van der Waals surface area contributed by atoms with Crippen molar-refractivity contribution in [2.24, 2.45) is 0 Å². The van der Waals surface area contributed by atoms with E-state index in [1.165, 1.54) is 0 Å². The molecular weight excluding hydrogens is 299 g/mol. The van der Waals surface area contributed by atoms with Gasteiger partial charge < -0.3 is 15.4 Å². The summed E-state index contributed by atoms with van der Waals surface area (Å²) >= 11 is 5.99. The van der Waals surface area contributed by atoms with Gasteiger partial charge in [-0.3, -0.25) is 4.79 Å². The van der Waals surface area contributed by atoms with Crippen molar-refractivity contribution in [3.8, 4) is 0 Å². The van der Waals surface area contributed by atoms with Gasteiger partial charge in [-0.1, -0.05) is 23.7 Å². The van der Waals surface area contributed by atoms with E-state index in [0.29, 0.717) is 18.2 Å². The minimum absolute atomic E-state index is 0. The smallest absolute Gasteiger partial charge is 0.251 e. The van der Waals surface area contributed by atoms with Crippen molar-refractivity contribution in [2.45, 2.75) is 25.5 Å². The molecule has 6 heteroatoms. The van der Waals surface area contributed by atoms with Gasteiger partial charge in [-0.05, 0) is 31.5 Å². The zero-order valence-electron chi connectivity index (χ0n) is 11.6. The fourth-order valence-corrected chi connectivity index (χ4v) is 2.26. The van der Waals surface area contributed by atoms with Crippen LogP contribution in [0.15, 0.2) is 24.3 Å². The molecule has 20 heavy (non-hydrogen) atoms. The second-order valence-electron chi connectivity index (χ2n) is 5.19. The Morgan fingerprint density at radius 3 is 2.85 bits per heavy atom. The summed E-state index contributed by atoms with van der Waals surface area (Å²) in [4.78, 5) is 12.2. The van der Waals surface area contributed by atoms with E-state index in [4.69, 9.17) is 16.3 Å². The van der Waals surface area contributed by atoms with E-state index in [-0.39, 0.29) is 18.3 Å². The van der Waals surface area contributed by atoms with Crippen molar-refractivity contribution in [1.82, 2.24) is 10.6 Å². The van der Waals surface area contributed by atoms with Gasteiger partial charge >= 0.3 is 0 Å². The Labute approximate surface area is 130 Å². The Morgan fingerprint density at radius 1 is 1.50 bits per heavy atom. The highest BCUT2D eigenvalue weighted by Gasteiger charge is 2.28. The van der Waals surface area contributed by atoms with Crippen LogP contribution < -0.4 is 10.6 Å². The third-order valence-corrected chi connectivity index (χ3v) is 3.44. The maximum Gasteiger partial charge on any atom is 0.251 e. The van der Waals surface area contributed by atoms with Gasteiger partial charge in [0.05, 0.1) is 12.1 Å². The maximum atomic E-state index is 12.2. The monoisotopic (exact) mass is 318 g/mol. The topological polar surface area (TPSA) is 50.4 Å². The number of halogens is 2. The number of morpholine rings is 1. The van der Waals surface area contributed by atoms with Crippen LogP contribution in [-0.4, -0.2) is 31.7 Å². The quantitative estimate of drug-likeness (QED) is 0.897. The SMILES string of the molecule is CC(C)(NC(=O)C1CNCCO1)c1cccc(Cl)c1.Cl. The van der Waals surface area contributed by atoms with Crippen LogP contribution in [0.5, 0.6) is 0 Å². The van der Waals surface area contributed by atoms with Crippen molar-refractivity contribution in [3.05, 3.63) is 34.9 Å². The predicted octanol–water partition coefficient (Wildman–Crippen LogP) is 2.10. The highest BCUT2D eigenvalue weighted by atomic mass is 35.5. The van der Waals surface area contributed by atoms with Crippen molar-refractivity contribution >= 4 is 29.9 Å². The number of benzene rings is 1. The van der Waals surface area contributed by atoms with Crippen LogP contribution in [0.1, 0.15) is 19.4 Å². The van der Waals surface area contributed by atoms with Gasteiger partial charge in [-0.25, -0.2) is 0 Å². The third kappa shape index (κ3) is 4.35. The summed E-state index contributed by atoms with van der Waals surface area (Å²) in [6, 6.07) is 7.51. The molecule has 2 rings (SSSR count). The minimum Gasteiger partial charge on any atom is -0.366 e. The summed E-state index contributed by atoms with van der Waals surface area (Å²) in [7, 11) is 0. The summed E-state index contributed by atoms with van der Waals surface area (Å²) in [5.41, 5.74) is 0.486.